The Morgan fingerprint density at radius 2 is 2.20 bits per heavy atom. The van der Waals surface area contributed by atoms with Crippen molar-refractivity contribution in [3.63, 3.8) is 0 Å². The van der Waals surface area contributed by atoms with Crippen LogP contribution in [0.25, 0.3) is 0 Å². The molecule has 0 heterocycles. The smallest absolute Gasteiger partial charge is 0.139 e. The molecule has 1 rings (SSSR count). The van der Waals surface area contributed by atoms with Crippen molar-refractivity contribution in [2.24, 2.45) is 5.90 Å². The molecule has 0 atom stereocenters. The molecular formula is C11H14N2O2. The fourth-order valence-corrected chi connectivity index (χ4v) is 1.52. The van der Waals surface area contributed by atoms with Crippen molar-refractivity contribution in [1.29, 1.82) is 5.26 Å². The number of methoxy groups -OCH3 is 1. The minimum absolute atomic E-state index is 0.441. The van der Waals surface area contributed by atoms with Crippen molar-refractivity contribution in [1.82, 2.24) is 0 Å². The van der Waals surface area contributed by atoms with Crippen LogP contribution in [0.15, 0.2) is 12.1 Å². The summed E-state index contributed by atoms with van der Waals surface area (Å²) in [7, 11) is 1.56. The lowest BCUT2D eigenvalue weighted by atomic mass is 10.0. The first-order valence-corrected chi connectivity index (χ1v) is 4.62. The number of rotatable bonds is 4. The predicted molar refractivity (Wildman–Crippen MR) is 56.3 cm³/mol. The second-order valence-electron chi connectivity index (χ2n) is 3.23. The van der Waals surface area contributed by atoms with Crippen molar-refractivity contribution >= 4 is 0 Å². The summed E-state index contributed by atoms with van der Waals surface area (Å²) in [6, 6.07) is 5.87. The first-order valence-electron chi connectivity index (χ1n) is 4.62. The molecule has 2 N–H and O–H groups in total. The average molecular weight is 206 g/mol. The minimum Gasteiger partial charge on any atom is -0.495 e. The fraction of sp³-hybridized carbons (Fsp3) is 0.364. The standard InChI is InChI=1S/C11H14N2O2/c1-8-5-9(3-4-15-13)6-10(7-12)11(8)14-2/h5-6H,3-4,13H2,1-2H3. The summed E-state index contributed by atoms with van der Waals surface area (Å²) in [4.78, 5) is 4.50. The van der Waals surface area contributed by atoms with Gasteiger partial charge < -0.3 is 9.57 Å². The van der Waals surface area contributed by atoms with Crippen LogP contribution in [0.5, 0.6) is 5.75 Å². The molecule has 0 aliphatic carbocycles. The number of nitrogens with zero attached hydrogens (tertiary/aromatic N) is 1. The quantitative estimate of drug-likeness (QED) is 0.754. The number of aryl methyl sites for hydroxylation is 1. The number of benzene rings is 1. The third-order valence-corrected chi connectivity index (χ3v) is 2.17. The van der Waals surface area contributed by atoms with E-state index in [-0.39, 0.29) is 0 Å². The van der Waals surface area contributed by atoms with E-state index in [1.165, 1.54) is 0 Å². The molecule has 0 unspecified atom stereocenters. The van der Waals surface area contributed by atoms with Crippen LogP contribution in [0.1, 0.15) is 16.7 Å². The van der Waals surface area contributed by atoms with Gasteiger partial charge in [-0.2, -0.15) is 5.26 Å². The van der Waals surface area contributed by atoms with Gasteiger partial charge in [-0.05, 0) is 30.5 Å². The Bertz CT molecular complexity index is 383. The van der Waals surface area contributed by atoms with Gasteiger partial charge >= 0.3 is 0 Å². The topological polar surface area (TPSA) is 68.3 Å². The Labute approximate surface area is 89.2 Å². The van der Waals surface area contributed by atoms with E-state index in [1.807, 2.05) is 13.0 Å². The fourth-order valence-electron chi connectivity index (χ4n) is 1.52. The third kappa shape index (κ3) is 2.69. The van der Waals surface area contributed by atoms with Crippen LogP contribution < -0.4 is 10.6 Å². The van der Waals surface area contributed by atoms with Crippen LogP contribution in [0.2, 0.25) is 0 Å². The highest BCUT2D eigenvalue weighted by Gasteiger charge is 2.07. The van der Waals surface area contributed by atoms with Crippen LogP contribution >= 0.6 is 0 Å². The molecule has 0 aliphatic rings. The summed E-state index contributed by atoms with van der Waals surface area (Å²) in [5, 5.41) is 8.94. The SMILES string of the molecule is COc1c(C)cc(CCON)cc1C#N. The Balaban J connectivity index is 3.04. The molecule has 4 heteroatoms. The van der Waals surface area contributed by atoms with Crippen LogP contribution in [0, 0.1) is 18.3 Å². The van der Waals surface area contributed by atoms with Crippen molar-refractivity contribution in [2.45, 2.75) is 13.3 Å². The zero-order chi connectivity index (χ0) is 11.3. The molecule has 0 radical (unpaired) electrons. The van der Waals surface area contributed by atoms with Crippen LogP contribution in [0.3, 0.4) is 0 Å². The molecule has 1 aromatic carbocycles. The van der Waals surface area contributed by atoms with Crippen LogP contribution in [-0.2, 0) is 11.3 Å². The maximum absolute atomic E-state index is 8.94. The van der Waals surface area contributed by atoms with Crippen LogP contribution in [0.4, 0.5) is 0 Å². The number of nitriles is 1. The Morgan fingerprint density at radius 3 is 2.73 bits per heavy atom. The third-order valence-electron chi connectivity index (χ3n) is 2.17. The van der Waals surface area contributed by atoms with Gasteiger partial charge in [0.1, 0.15) is 11.8 Å². The van der Waals surface area contributed by atoms with Crippen molar-refractivity contribution in [3.8, 4) is 11.8 Å². The Kier molecular flexibility index (Phi) is 4.10. The summed E-state index contributed by atoms with van der Waals surface area (Å²) in [5.74, 6) is 5.59. The normalized spacial score (nSPS) is 9.73. The molecule has 0 saturated carbocycles. The lowest BCUT2D eigenvalue weighted by molar-refractivity contribution is 0.141. The van der Waals surface area contributed by atoms with Crippen molar-refractivity contribution in [3.05, 3.63) is 28.8 Å². The first kappa shape index (κ1) is 11.5. The summed E-state index contributed by atoms with van der Waals surface area (Å²) in [6.45, 7) is 2.35. The molecule has 1 aromatic rings. The number of ether oxygens (including phenoxy) is 1. The zero-order valence-electron chi connectivity index (χ0n) is 8.91. The molecule has 0 aromatic heterocycles. The zero-order valence-corrected chi connectivity index (χ0v) is 8.91. The van der Waals surface area contributed by atoms with Gasteiger partial charge in [0.05, 0.1) is 19.3 Å². The summed E-state index contributed by atoms with van der Waals surface area (Å²) in [5.41, 5.74) is 2.52. The highest BCUT2D eigenvalue weighted by molar-refractivity contribution is 5.50. The Morgan fingerprint density at radius 1 is 1.47 bits per heavy atom. The van der Waals surface area contributed by atoms with E-state index < -0.39 is 0 Å². The first-order chi connectivity index (χ1) is 7.22. The second kappa shape index (κ2) is 5.35. The summed E-state index contributed by atoms with van der Waals surface area (Å²) < 4.78 is 5.15. The molecule has 0 aliphatic heterocycles. The molecule has 0 amide bonds. The number of nitrogens with two attached hydrogens (primary N) is 1. The van der Waals surface area contributed by atoms with Gasteiger partial charge in [0.2, 0.25) is 0 Å². The van der Waals surface area contributed by atoms with Gasteiger partial charge in [0, 0.05) is 0 Å². The predicted octanol–water partition coefficient (Wildman–Crippen LogP) is 1.31. The molecule has 0 saturated heterocycles. The maximum atomic E-state index is 8.94. The van der Waals surface area contributed by atoms with Gasteiger partial charge in [0.15, 0.2) is 0 Å². The monoisotopic (exact) mass is 206 g/mol. The minimum atomic E-state index is 0.441. The van der Waals surface area contributed by atoms with Crippen molar-refractivity contribution < 1.29 is 9.57 Å². The average Bonchev–Trinajstić information content (AvgIpc) is 2.25. The van der Waals surface area contributed by atoms with Gasteiger partial charge in [0.25, 0.3) is 0 Å². The van der Waals surface area contributed by atoms with Gasteiger partial charge in [-0.15, -0.1) is 0 Å². The Hall–Kier alpha value is -1.57. The molecule has 0 bridgehead atoms. The van der Waals surface area contributed by atoms with E-state index in [9.17, 15) is 0 Å². The highest BCUT2D eigenvalue weighted by atomic mass is 16.6. The second-order valence-corrected chi connectivity index (χ2v) is 3.23. The van der Waals surface area contributed by atoms with Gasteiger partial charge in [-0.1, -0.05) is 6.07 Å². The molecule has 0 fully saturated rings. The van der Waals surface area contributed by atoms with E-state index in [0.29, 0.717) is 24.3 Å². The van der Waals surface area contributed by atoms with Gasteiger partial charge in [-0.3, -0.25) is 0 Å². The number of hydrogen-bond donors (Lipinski definition) is 1. The lowest BCUT2D eigenvalue weighted by Crippen LogP contribution is -2.04. The molecule has 4 nitrogen and oxygen atoms in total. The summed E-state index contributed by atoms with van der Waals surface area (Å²) in [6.07, 6.45) is 0.690. The van der Waals surface area contributed by atoms with Crippen LogP contribution in [-0.4, -0.2) is 13.7 Å². The molecular weight excluding hydrogens is 192 g/mol. The molecule has 15 heavy (non-hydrogen) atoms. The maximum Gasteiger partial charge on any atom is 0.139 e. The highest BCUT2D eigenvalue weighted by Crippen LogP contribution is 2.24. The van der Waals surface area contributed by atoms with Crippen molar-refractivity contribution in [2.75, 3.05) is 13.7 Å². The van der Waals surface area contributed by atoms with E-state index in [2.05, 4.69) is 10.9 Å². The number of hydrogen-bond acceptors (Lipinski definition) is 4. The van der Waals surface area contributed by atoms with E-state index in [4.69, 9.17) is 15.9 Å². The largest absolute Gasteiger partial charge is 0.495 e. The molecule has 80 valence electrons. The van der Waals surface area contributed by atoms with E-state index >= 15 is 0 Å². The van der Waals surface area contributed by atoms with E-state index in [1.54, 1.807) is 13.2 Å². The molecule has 0 spiro atoms. The van der Waals surface area contributed by atoms with Gasteiger partial charge in [-0.25, -0.2) is 5.90 Å². The van der Waals surface area contributed by atoms with E-state index in [0.717, 1.165) is 11.1 Å². The summed E-state index contributed by atoms with van der Waals surface area (Å²) >= 11 is 0. The lowest BCUT2D eigenvalue weighted by Gasteiger charge is -2.09.